The molecule has 2 rings (SSSR count). The molecule has 0 aliphatic carbocycles. The normalized spacial score (nSPS) is 12.6. The molecule has 2 aromatic heterocycles. The molecule has 0 radical (unpaired) electrons. The van der Waals surface area contributed by atoms with Crippen molar-refractivity contribution in [1.82, 2.24) is 20.2 Å². The van der Waals surface area contributed by atoms with Gasteiger partial charge in [0, 0.05) is 26.7 Å². The van der Waals surface area contributed by atoms with Crippen LogP contribution in [-0.4, -0.2) is 53.5 Å². The fourth-order valence-electron chi connectivity index (χ4n) is 2.10. The molecule has 2 heterocycles. The van der Waals surface area contributed by atoms with E-state index in [0.717, 1.165) is 29.8 Å². The Morgan fingerprint density at radius 1 is 1.45 bits per heavy atom. The molecule has 0 saturated carbocycles. The molecule has 0 aliphatic rings. The van der Waals surface area contributed by atoms with Crippen LogP contribution in [0.1, 0.15) is 20.3 Å². The highest BCUT2D eigenvalue weighted by Crippen LogP contribution is 2.26. The van der Waals surface area contributed by atoms with Crippen LogP contribution in [0.4, 0.5) is 11.8 Å². The van der Waals surface area contributed by atoms with Gasteiger partial charge in [0.15, 0.2) is 5.65 Å². The van der Waals surface area contributed by atoms with Crippen LogP contribution in [0.2, 0.25) is 0 Å². The molecule has 0 saturated heterocycles. The summed E-state index contributed by atoms with van der Waals surface area (Å²) in [6.07, 6.45) is 2.80. The SMILES string of the molecule is CCC(C)N(CCOC)c1nc(NC)nc2[nH]ncc12. The third-order valence-corrected chi connectivity index (χ3v) is 3.44. The number of fused-ring (bicyclic) bond motifs is 1. The fraction of sp³-hybridized carbons (Fsp3) is 0.615. The van der Waals surface area contributed by atoms with Crippen LogP contribution in [0.5, 0.6) is 0 Å². The third-order valence-electron chi connectivity index (χ3n) is 3.44. The molecule has 2 N–H and O–H groups in total. The summed E-state index contributed by atoms with van der Waals surface area (Å²) >= 11 is 0. The van der Waals surface area contributed by atoms with Gasteiger partial charge in [-0.15, -0.1) is 0 Å². The fourth-order valence-corrected chi connectivity index (χ4v) is 2.10. The quantitative estimate of drug-likeness (QED) is 0.801. The lowest BCUT2D eigenvalue weighted by Crippen LogP contribution is -2.36. The summed E-state index contributed by atoms with van der Waals surface area (Å²) in [6.45, 7) is 5.79. The zero-order chi connectivity index (χ0) is 14.5. The van der Waals surface area contributed by atoms with E-state index in [4.69, 9.17) is 4.74 Å². The second-order valence-corrected chi connectivity index (χ2v) is 4.70. The van der Waals surface area contributed by atoms with E-state index in [1.807, 2.05) is 7.05 Å². The van der Waals surface area contributed by atoms with E-state index in [-0.39, 0.29) is 0 Å². The molecule has 0 aliphatic heterocycles. The van der Waals surface area contributed by atoms with Gasteiger partial charge >= 0.3 is 0 Å². The highest BCUT2D eigenvalue weighted by Gasteiger charge is 2.19. The van der Waals surface area contributed by atoms with Crippen LogP contribution < -0.4 is 10.2 Å². The largest absolute Gasteiger partial charge is 0.383 e. The monoisotopic (exact) mass is 278 g/mol. The van der Waals surface area contributed by atoms with Gasteiger partial charge in [-0.2, -0.15) is 15.1 Å². The van der Waals surface area contributed by atoms with Gasteiger partial charge in [0.1, 0.15) is 5.82 Å². The molecule has 1 unspecified atom stereocenters. The van der Waals surface area contributed by atoms with E-state index in [2.05, 4.69) is 44.2 Å². The number of ether oxygens (including phenoxy) is 1. The van der Waals surface area contributed by atoms with E-state index >= 15 is 0 Å². The molecule has 1 atom stereocenters. The van der Waals surface area contributed by atoms with Crippen LogP contribution in [0, 0.1) is 0 Å². The number of methoxy groups -OCH3 is 1. The number of aromatic amines is 1. The van der Waals surface area contributed by atoms with Gasteiger partial charge in [0.05, 0.1) is 18.2 Å². The predicted molar refractivity (Wildman–Crippen MR) is 80.2 cm³/mol. The lowest BCUT2D eigenvalue weighted by Gasteiger charge is -2.30. The maximum atomic E-state index is 5.21. The number of hydrogen-bond acceptors (Lipinski definition) is 6. The number of aromatic nitrogens is 4. The molecule has 0 spiro atoms. The molecular weight excluding hydrogens is 256 g/mol. The molecule has 0 amide bonds. The Kier molecular flexibility index (Phi) is 4.73. The lowest BCUT2D eigenvalue weighted by atomic mass is 10.2. The van der Waals surface area contributed by atoms with Crippen molar-refractivity contribution in [3.63, 3.8) is 0 Å². The van der Waals surface area contributed by atoms with Crippen LogP contribution >= 0.6 is 0 Å². The van der Waals surface area contributed by atoms with Gasteiger partial charge in [0.25, 0.3) is 0 Å². The Bertz CT molecular complexity index is 555. The molecule has 20 heavy (non-hydrogen) atoms. The summed E-state index contributed by atoms with van der Waals surface area (Å²) < 4.78 is 5.21. The number of hydrogen-bond donors (Lipinski definition) is 2. The Hall–Kier alpha value is -1.89. The number of nitrogens with zero attached hydrogens (tertiary/aromatic N) is 4. The zero-order valence-corrected chi connectivity index (χ0v) is 12.5. The average molecular weight is 278 g/mol. The Morgan fingerprint density at radius 3 is 2.90 bits per heavy atom. The average Bonchev–Trinajstić information content (AvgIpc) is 2.95. The number of rotatable bonds is 7. The van der Waals surface area contributed by atoms with Crippen molar-refractivity contribution in [2.45, 2.75) is 26.3 Å². The first kappa shape index (κ1) is 14.5. The lowest BCUT2D eigenvalue weighted by molar-refractivity contribution is 0.203. The maximum Gasteiger partial charge on any atom is 0.226 e. The van der Waals surface area contributed by atoms with Crippen molar-refractivity contribution >= 4 is 22.8 Å². The highest BCUT2D eigenvalue weighted by molar-refractivity contribution is 5.87. The molecule has 2 aromatic rings. The standard InChI is InChI=1S/C13H22N6O/c1-5-9(2)19(6-7-20-4)12-10-8-15-18-11(10)16-13(14-3)17-12/h8-9H,5-7H2,1-4H3,(H2,14,15,16,17,18). The minimum atomic E-state index is 0.364. The molecule has 7 nitrogen and oxygen atoms in total. The topological polar surface area (TPSA) is 79.0 Å². The molecule has 110 valence electrons. The van der Waals surface area contributed by atoms with Gasteiger partial charge in [-0.1, -0.05) is 6.92 Å². The third kappa shape index (κ3) is 2.82. The number of nitrogens with one attached hydrogen (secondary N) is 2. The minimum Gasteiger partial charge on any atom is -0.383 e. The van der Waals surface area contributed by atoms with E-state index in [9.17, 15) is 0 Å². The number of anilines is 2. The zero-order valence-electron chi connectivity index (χ0n) is 12.5. The van der Waals surface area contributed by atoms with Crippen molar-refractivity contribution < 1.29 is 4.74 Å². The summed E-state index contributed by atoms with van der Waals surface area (Å²) in [5, 5.41) is 10.9. The predicted octanol–water partition coefficient (Wildman–Crippen LogP) is 1.65. The van der Waals surface area contributed by atoms with Crippen molar-refractivity contribution in [3.05, 3.63) is 6.20 Å². The van der Waals surface area contributed by atoms with Crippen molar-refractivity contribution in [2.75, 3.05) is 37.5 Å². The minimum absolute atomic E-state index is 0.364. The van der Waals surface area contributed by atoms with Crippen LogP contribution in [-0.2, 0) is 4.74 Å². The van der Waals surface area contributed by atoms with E-state index < -0.39 is 0 Å². The van der Waals surface area contributed by atoms with Crippen molar-refractivity contribution in [3.8, 4) is 0 Å². The molecule has 0 aromatic carbocycles. The highest BCUT2D eigenvalue weighted by atomic mass is 16.5. The van der Waals surface area contributed by atoms with Crippen LogP contribution in [0.15, 0.2) is 6.20 Å². The van der Waals surface area contributed by atoms with E-state index in [0.29, 0.717) is 18.6 Å². The summed E-state index contributed by atoms with van der Waals surface area (Å²) in [7, 11) is 3.52. The molecule has 0 fully saturated rings. The Labute approximate surface area is 118 Å². The smallest absolute Gasteiger partial charge is 0.226 e. The Morgan fingerprint density at radius 2 is 2.25 bits per heavy atom. The second kappa shape index (κ2) is 6.51. The summed E-state index contributed by atoms with van der Waals surface area (Å²) in [4.78, 5) is 11.2. The first-order chi connectivity index (χ1) is 9.71. The second-order valence-electron chi connectivity index (χ2n) is 4.70. The summed E-state index contributed by atoms with van der Waals surface area (Å²) in [6, 6.07) is 0.364. The Balaban J connectivity index is 2.47. The van der Waals surface area contributed by atoms with Crippen molar-refractivity contribution in [2.24, 2.45) is 0 Å². The maximum absolute atomic E-state index is 5.21. The van der Waals surface area contributed by atoms with E-state index in [1.54, 1.807) is 13.3 Å². The van der Waals surface area contributed by atoms with Gasteiger partial charge in [-0.05, 0) is 13.3 Å². The molecular formula is C13H22N6O. The van der Waals surface area contributed by atoms with Gasteiger partial charge < -0.3 is 15.0 Å². The van der Waals surface area contributed by atoms with Crippen LogP contribution in [0.25, 0.3) is 11.0 Å². The number of H-pyrrole nitrogens is 1. The first-order valence-corrected chi connectivity index (χ1v) is 6.85. The van der Waals surface area contributed by atoms with Crippen LogP contribution in [0.3, 0.4) is 0 Å². The summed E-state index contributed by atoms with van der Waals surface area (Å²) in [5.41, 5.74) is 0.741. The first-order valence-electron chi connectivity index (χ1n) is 6.85. The van der Waals surface area contributed by atoms with Gasteiger partial charge in [0.2, 0.25) is 5.95 Å². The van der Waals surface area contributed by atoms with Gasteiger partial charge in [-0.25, -0.2) is 0 Å². The van der Waals surface area contributed by atoms with Crippen molar-refractivity contribution in [1.29, 1.82) is 0 Å². The van der Waals surface area contributed by atoms with Gasteiger partial charge in [-0.3, -0.25) is 5.10 Å². The summed E-state index contributed by atoms with van der Waals surface area (Å²) in [5.74, 6) is 1.47. The molecule has 0 bridgehead atoms. The molecule has 7 heteroatoms. The van der Waals surface area contributed by atoms with E-state index in [1.165, 1.54) is 0 Å².